The molecule has 0 aliphatic carbocycles. The van der Waals surface area contributed by atoms with Crippen molar-refractivity contribution >= 4 is 5.91 Å². The number of nitrogens with two attached hydrogens (primary N) is 1. The number of hydrogen-bond donors (Lipinski definition) is 2. The second-order valence-electron chi connectivity index (χ2n) is 2.43. The van der Waals surface area contributed by atoms with Crippen LogP contribution in [0.25, 0.3) is 0 Å². The number of imidazole rings is 1. The number of aryl methyl sites for hydroxylation is 1. The van der Waals surface area contributed by atoms with Gasteiger partial charge in [0.1, 0.15) is 5.69 Å². The molecule has 0 saturated carbocycles. The van der Waals surface area contributed by atoms with Gasteiger partial charge in [-0.25, -0.2) is 4.98 Å². The van der Waals surface area contributed by atoms with Crippen LogP contribution >= 0.6 is 0 Å². The maximum Gasteiger partial charge on any atom is 0.269 e. The minimum absolute atomic E-state index is 0.138. The van der Waals surface area contributed by atoms with Gasteiger partial charge in [0.25, 0.3) is 5.91 Å². The Hall–Kier alpha value is -1.36. The smallest absolute Gasteiger partial charge is 0.269 e. The van der Waals surface area contributed by atoms with Gasteiger partial charge in [0.05, 0.1) is 12.5 Å². The van der Waals surface area contributed by atoms with Crippen molar-refractivity contribution in [2.75, 3.05) is 13.1 Å². The average molecular weight is 168 g/mol. The van der Waals surface area contributed by atoms with Crippen molar-refractivity contribution in [2.24, 2.45) is 12.8 Å². The van der Waals surface area contributed by atoms with Crippen LogP contribution in [-0.2, 0) is 7.05 Å². The summed E-state index contributed by atoms with van der Waals surface area (Å²) in [6, 6.07) is 0. The third-order valence-corrected chi connectivity index (χ3v) is 1.48. The van der Waals surface area contributed by atoms with Gasteiger partial charge in [-0.3, -0.25) is 4.79 Å². The van der Waals surface area contributed by atoms with Crippen molar-refractivity contribution in [3.8, 4) is 0 Å². The second-order valence-corrected chi connectivity index (χ2v) is 2.43. The highest BCUT2D eigenvalue weighted by molar-refractivity contribution is 5.92. The summed E-state index contributed by atoms with van der Waals surface area (Å²) in [6.45, 7) is 0.938. The summed E-state index contributed by atoms with van der Waals surface area (Å²) in [7, 11) is 1.77. The molecule has 0 radical (unpaired) electrons. The Morgan fingerprint density at radius 1 is 1.83 bits per heavy atom. The second kappa shape index (κ2) is 3.87. The Labute approximate surface area is 70.6 Å². The number of amides is 1. The molecule has 1 rings (SSSR count). The predicted octanol–water partition coefficient (Wildman–Crippen LogP) is -0.891. The molecule has 0 saturated heterocycles. The lowest BCUT2D eigenvalue weighted by atomic mass is 10.4. The molecule has 5 heteroatoms. The highest BCUT2D eigenvalue weighted by Crippen LogP contribution is 1.94. The topological polar surface area (TPSA) is 72.9 Å². The zero-order valence-corrected chi connectivity index (χ0v) is 6.95. The van der Waals surface area contributed by atoms with E-state index >= 15 is 0 Å². The average Bonchev–Trinajstić information content (AvgIpc) is 2.47. The molecule has 1 aromatic heterocycles. The van der Waals surface area contributed by atoms with Crippen LogP contribution in [-0.4, -0.2) is 28.5 Å². The maximum atomic E-state index is 11.3. The van der Waals surface area contributed by atoms with E-state index in [4.69, 9.17) is 5.73 Å². The first kappa shape index (κ1) is 8.73. The fourth-order valence-electron chi connectivity index (χ4n) is 0.852. The molecule has 0 spiro atoms. The molecular formula is C7H12N4O. The third kappa shape index (κ3) is 1.82. The minimum atomic E-state index is -0.138. The lowest BCUT2D eigenvalue weighted by molar-refractivity contribution is 0.0946. The summed E-state index contributed by atoms with van der Waals surface area (Å²) in [4.78, 5) is 15.1. The number of rotatable bonds is 3. The quantitative estimate of drug-likeness (QED) is 0.615. The zero-order chi connectivity index (χ0) is 8.97. The van der Waals surface area contributed by atoms with Crippen molar-refractivity contribution in [1.82, 2.24) is 14.9 Å². The number of carbonyl (C=O) groups excluding carboxylic acids is 1. The number of nitrogens with zero attached hydrogens (tertiary/aromatic N) is 2. The van der Waals surface area contributed by atoms with Gasteiger partial charge in [-0.15, -0.1) is 0 Å². The molecule has 0 aromatic carbocycles. The Morgan fingerprint density at radius 2 is 2.58 bits per heavy atom. The highest BCUT2D eigenvalue weighted by atomic mass is 16.1. The SMILES string of the molecule is Cn1cncc1C(=O)NCCN. The molecule has 5 nitrogen and oxygen atoms in total. The van der Waals surface area contributed by atoms with E-state index in [1.54, 1.807) is 17.9 Å². The van der Waals surface area contributed by atoms with E-state index in [9.17, 15) is 4.79 Å². The molecule has 0 unspecified atom stereocenters. The molecule has 1 heterocycles. The van der Waals surface area contributed by atoms with Crippen LogP contribution in [0.5, 0.6) is 0 Å². The van der Waals surface area contributed by atoms with E-state index in [0.717, 1.165) is 0 Å². The molecule has 1 aromatic rings. The minimum Gasteiger partial charge on any atom is -0.349 e. The van der Waals surface area contributed by atoms with Gasteiger partial charge in [-0.1, -0.05) is 0 Å². The fraction of sp³-hybridized carbons (Fsp3) is 0.429. The van der Waals surface area contributed by atoms with E-state index in [0.29, 0.717) is 18.8 Å². The van der Waals surface area contributed by atoms with Crippen LogP contribution in [0.3, 0.4) is 0 Å². The largest absolute Gasteiger partial charge is 0.349 e. The summed E-state index contributed by atoms with van der Waals surface area (Å²) in [5.41, 5.74) is 5.78. The molecule has 0 atom stereocenters. The normalized spacial score (nSPS) is 9.83. The summed E-state index contributed by atoms with van der Waals surface area (Å²) in [5.74, 6) is -0.138. The van der Waals surface area contributed by atoms with E-state index < -0.39 is 0 Å². The van der Waals surface area contributed by atoms with Crippen LogP contribution in [0.2, 0.25) is 0 Å². The molecule has 0 aliphatic rings. The first-order chi connectivity index (χ1) is 5.75. The van der Waals surface area contributed by atoms with Crippen LogP contribution in [0.4, 0.5) is 0 Å². The molecule has 12 heavy (non-hydrogen) atoms. The maximum absolute atomic E-state index is 11.3. The van der Waals surface area contributed by atoms with Gasteiger partial charge in [0.15, 0.2) is 0 Å². The molecule has 66 valence electrons. The standard InChI is InChI=1S/C7H12N4O/c1-11-5-9-4-6(11)7(12)10-3-2-8/h4-5H,2-3,8H2,1H3,(H,10,12). The van der Waals surface area contributed by atoms with Crippen molar-refractivity contribution in [1.29, 1.82) is 0 Å². The van der Waals surface area contributed by atoms with E-state index in [1.165, 1.54) is 6.20 Å². The molecule has 0 bridgehead atoms. The van der Waals surface area contributed by atoms with Crippen molar-refractivity contribution in [3.63, 3.8) is 0 Å². The summed E-state index contributed by atoms with van der Waals surface area (Å²) >= 11 is 0. The van der Waals surface area contributed by atoms with Crippen LogP contribution < -0.4 is 11.1 Å². The third-order valence-electron chi connectivity index (χ3n) is 1.48. The first-order valence-electron chi connectivity index (χ1n) is 3.70. The van der Waals surface area contributed by atoms with Crippen molar-refractivity contribution in [2.45, 2.75) is 0 Å². The summed E-state index contributed by atoms with van der Waals surface area (Å²) < 4.78 is 1.66. The van der Waals surface area contributed by atoms with Gasteiger partial charge in [0.2, 0.25) is 0 Å². The summed E-state index contributed by atoms with van der Waals surface area (Å²) in [5, 5.41) is 2.65. The fourth-order valence-corrected chi connectivity index (χ4v) is 0.852. The number of hydrogen-bond acceptors (Lipinski definition) is 3. The number of nitrogens with one attached hydrogen (secondary N) is 1. The van der Waals surface area contributed by atoms with E-state index in [-0.39, 0.29) is 5.91 Å². The zero-order valence-electron chi connectivity index (χ0n) is 6.95. The van der Waals surface area contributed by atoms with Crippen molar-refractivity contribution < 1.29 is 4.79 Å². The number of aromatic nitrogens is 2. The molecule has 0 aliphatic heterocycles. The monoisotopic (exact) mass is 168 g/mol. The Morgan fingerprint density at radius 3 is 3.08 bits per heavy atom. The first-order valence-corrected chi connectivity index (χ1v) is 3.70. The van der Waals surface area contributed by atoms with Crippen LogP contribution in [0.15, 0.2) is 12.5 Å². The van der Waals surface area contributed by atoms with E-state index in [2.05, 4.69) is 10.3 Å². The molecule has 0 fully saturated rings. The van der Waals surface area contributed by atoms with Crippen LogP contribution in [0.1, 0.15) is 10.5 Å². The van der Waals surface area contributed by atoms with Gasteiger partial charge >= 0.3 is 0 Å². The van der Waals surface area contributed by atoms with Crippen molar-refractivity contribution in [3.05, 3.63) is 18.2 Å². The van der Waals surface area contributed by atoms with E-state index in [1.807, 2.05) is 0 Å². The molecule has 3 N–H and O–H groups in total. The highest BCUT2D eigenvalue weighted by Gasteiger charge is 2.07. The Bertz CT molecular complexity index is 268. The summed E-state index contributed by atoms with van der Waals surface area (Å²) in [6.07, 6.45) is 3.10. The van der Waals surface area contributed by atoms with Gasteiger partial charge in [-0.05, 0) is 0 Å². The van der Waals surface area contributed by atoms with Crippen LogP contribution in [0, 0.1) is 0 Å². The lowest BCUT2D eigenvalue weighted by Gasteiger charge is -2.02. The van der Waals surface area contributed by atoms with Gasteiger partial charge < -0.3 is 15.6 Å². The van der Waals surface area contributed by atoms with Gasteiger partial charge in [0, 0.05) is 20.1 Å². The Kier molecular flexibility index (Phi) is 2.82. The lowest BCUT2D eigenvalue weighted by Crippen LogP contribution is -2.30. The molecular weight excluding hydrogens is 156 g/mol. The number of carbonyl (C=O) groups is 1. The Balaban J connectivity index is 2.59. The van der Waals surface area contributed by atoms with Gasteiger partial charge in [-0.2, -0.15) is 0 Å². The predicted molar refractivity (Wildman–Crippen MR) is 44.6 cm³/mol. The molecule has 1 amide bonds.